The van der Waals surface area contributed by atoms with Crippen molar-refractivity contribution in [3.8, 4) is 5.69 Å². The van der Waals surface area contributed by atoms with E-state index in [9.17, 15) is 0 Å². The van der Waals surface area contributed by atoms with Crippen molar-refractivity contribution < 1.29 is 0 Å². The van der Waals surface area contributed by atoms with Gasteiger partial charge in [0, 0.05) is 28.1 Å². The predicted molar refractivity (Wildman–Crippen MR) is 91.6 cm³/mol. The summed E-state index contributed by atoms with van der Waals surface area (Å²) < 4.78 is 1.99. The number of fused-ring (bicyclic) bond motifs is 1. The van der Waals surface area contributed by atoms with Crippen molar-refractivity contribution in [2.24, 2.45) is 0 Å². The van der Waals surface area contributed by atoms with Gasteiger partial charge in [0.05, 0.1) is 11.4 Å². The Hall–Kier alpha value is -1.19. The third-order valence-corrected chi connectivity index (χ3v) is 5.20. The molecule has 0 amide bonds. The Balaban J connectivity index is 1.80. The number of nitrogens with zero attached hydrogens (tertiary/aromatic N) is 2. The normalized spacial score (nSPS) is 18.3. The molecule has 0 saturated heterocycles. The lowest BCUT2D eigenvalue weighted by Crippen LogP contribution is -2.09. The third kappa shape index (κ3) is 2.50. The monoisotopic (exact) mass is 335 g/mol. The number of aromatic nitrogens is 2. The molecular weight excluding hydrogens is 317 g/mol. The Morgan fingerprint density at radius 2 is 1.77 bits per heavy atom. The molecule has 2 heterocycles. The molecular formula is C17H19Cl2N3. The van der Waals surface area contributed by atoms with Crippen LogP contribution in [0.15, 0.2) is 18.2 Å². The average molecular weight is 336 g/mol. The maximum atomic E-state index is 6.16. The second kappa shape index (κ2) is 5.78. The fraction of sp³-hybridized carbons (Fsp3) is 0.471. The van der Waals surface area contributed by atoms with Crippen molar-refractivity contribution in [2.45, 2.75) is 44.4 Å². The molecule has 1 aliphatic heterocycles. The Labute approximate surface area is 140 Å². The van der Waals surface area contributed by atoms with E-state index in [1.807, 2.05) is 16.8 Å². The number of nitrogens with one attached hydrogen (secondary N) is 1. The Bertz CT molecular complexity index is 682. The van der Waals surface area contributed by atoms with E-state index in [-0.39, 0.29) is 0 Å². The molecule has 0 unspecified atom stereocenters. The highest BCUT2D eigenvalue weighted by molar-refractivity contribution is 6.34. The molecule has 1 fully saturated rings. The van der Waals surface area contributed by atoms with Crippen LogP contribution in [-0.2, 0) is 6.42 Å². The summed E-state index contributed by atoms with van der Waals surface area (Å²) in [5, 5.41) is 9.71. The molecule has 1 saturated carbocycles. The van der Waals surface area contributed by atoms with Crippen LogP contribution in [0.25, 0.3) is 5.69 Å². The first-order valence-corrected chi connectivity index (χ1v) is 8.80. The van der Waals surface area contributed by atoms with Crippen molar-refractivity contribution in [2.75, 3.05) is 11.9 Å². The van der Waals surface area contributed by atoms with Gasteiger partial charge >= 0.3 is 0 Å². The van der Waals surface area contributed by atoms with E-state index in [2.05, 4.69) is 5.32 Å². The Kier molecular flexibility index (Phi) is 3.79. The minimum atomic E-state index is 0.610. The fourth-order valence-electron chi connectivity index (χ4n) is 3.75. The summed E-state index contributed by atoms with van der Waals surface area (Å²) in [6, 6.07) is 5.60. The number of benzene rings is 1. The van der Waals surface area contributed by atoms with Crippen LogP contribution in [-0.4, -0.2) is 16.3 Å². The molecule has 1 aliphatic carbocycles. The third-order valence-electron chi connectivity index (χ3n) is 4.77. The maximum Gasteiger partial charge on any atom is 0.133 e. The number of rotatable bonds is 2. The number of halogens is 2. The quantitative estimate of drug-likeness (QED) is 0.817. The van der Waals surface area contributed by atoms with E-state index in [0.29, 0.717) is 16.0 Å². The van der Waals surface area contributed by atoms with Crippen LogP contribution in [0.3, 0.4) is 0 Å². The Morgan fingerprint density at radius 3 is 2.50 bits per heavy atom. The molecule has 1 aromatic carbocycles. The highest BCUT2D eigenvalue weighted by atomic mass is 35.5. The molecule has 0 radical (unpaired) electrons. The van der Waals surface area contributed by atoms with Gasteiger partial charge in [-0.3, -0.25) is 0 Å². The van der Waals surface area contributed by atoms with Gasteiger partial charge in [0.15, 0.2) is 0 Å². The van der Waals surface area contributed by atoms with Crippen LogP contribution >= 0.6 is 23.2 Å². The topological polar surface area (TPSA) is 29.9 Å². The molecule has 2 aliphatic rings. The fourth-order valence-corrected chi connectivity index (χ4v) is 4.27. The van der Waals surface area contributed by atoms with Gasteiger partial charge in [0.25, 0.3) is 0 Å². The summed E-state index contributed by atoms with van der Waals surface area (Å²) in [6.45, 7) is 0.987. The van der Waals surface area contributed by atoms with Crippen LogP contribution in [0.2, 0.25) is 10.0 Å². The van der Waals surface area contributed by atoms with Gasteiger partial charge in [-0.05, 0) is 37.5 Å². The molecule has 0 atom stereocenters. The highest BCUT2D eigenvalue weighted by Gasteiger charge is 2.28. The molecule has 0 spiro atoms. The zero-order valence-corrected chi connectivity index (χ0v) is 13.9. The van der Waals surface area contributed by atoms with Crippen molar-refractivity contribution in [1.29, 1.82) is 0 Å². The largest absolute Gasteiger partial charge is 0.369 e. The van der Waals surface area contributed by atoms with Crippen LogP contribution in [0.5, 0.6) is 0 Å². The highest BCUT2D eigenvalue weighted by Crippen LogP contribution is 2.39. The molecule has 0 bridgehead atoms. The second-order valence-electron chi connectivity index (χ2n) is 6.26. The van der Waals surface area contributed by atoms with Crippen LogP contribution < -0.4 is 5.32 Å². The standard InChI is InChI=1S/C17H19Cl2N3/c18-12-8-13(19)10-14(9-12)22-17-15(6-7-20-17)16(21-22)11-4-2-1-3-5-11/h8-11,20H,1-7H2. The van der Waals surface area contributed by atoms with Crippen molar-refractivity contribution >= 4 is 29.0 Å². The first-order valence-electron chi connectivity index (χ1n) is 8.04. The molecule has 116 valence electrons. The van der Waals surface area contributed by atoms with Crippen LogP contribution in [0, 0.1) is 0 Å². The number of hydrogen-bond acceptors (Lipinski definition) is 2. The Morgan fingerprint density at radius 1 is 1.05 bits per heavy atom. The zero-order valence-electron chi connectivity index (χ0n) is 12.4. The zero-order chi connectivity index (χ0) is 15.1. The molecule has 5 heteroatoms. The summed E-state index contributed by atoms with van der Waals surface area (Å²) in [5.41, 5.74) is 3.61. The summed E-state index contributed by atoms with van der Waals surface area (Å²) in [4.78, 5) is 0. The lowest BCUT2D eigenvalue weighted by Gasteiger charge is -2.20. The van der Waals surface area contributed by atoms with E-state index >= 15 is 0 Å². The van der Waals surface area contributed by atoms with Gasteiger partial charge in [-0.1, -0.05) is 42.5 Å². The molecule has 1 N–H and O–H groups in total. The summed E-state index contributed by atoms with van der Waals surface area (Å²) >= 11 is 12.3. The van der Waals surface area contributed by atoms with Gasteiger partial charge in [-0.15, -0.1) is 0 Å². The smallest absolute Gasteiger partial charge is 0.133 e. The summed E-state index contributed by atoms with van der Waals surface area (Å²) in [6.07, 6.45) is 7.60. The van der Waals surface area contributed by atoms with Gasteiger partial charge in [0.1, 0.15) is 5.82 Å². The average Bonchev–Trinajstić information content (AvgIpc) is 3.08. The van der Waals surface area contributed by atoms with E-state index in [0.717, 1.165) is 24.5 Å². The van der Waals surface area contributed by atoms with E-state index in [1.165, 1.54) is 43.4 Å². The summed E-state index contributed by atoms with van der Waals surface area (Å²) in [5.74, 6) is 1.73. The molecule has 4 rings (SSSR count). The van der Waals surface area contributed by atoms with Crippen LogP contribution in [0.4, 0.5) is 5.82 Å². The lowest BCUT2D eigenvalue weighted by atomic mass is 9.85. The lowest BCUT2D eigenvalue weighted by molar-refractivity contribution is 0.433. The summed E-state index contributed by atoms with van der Waals surface area (Å²) in [7, 11) is 0. The minimum Gasteiger partial charge on any atom is -0.369 e. The van der Waals surface area contributed by atoms with E-state index < -0.39 is 0 Å². The molecule has 22 heavy (non-hydrogen) atoms. The second-order valence-corrected chi connectivity index (χ2v) is 7.14. The van der Waals surface area contributed by atoms with Crippen molar-refractivity contribution in [3.63, 3.8) is 0 Å². The van der Waals surface area contributed by atoms with Crippen LogP contribution in [0.1, 0.15) is 49.3 Å². The maximum absolute atomic E-state index is 6.16. The number of anilines is 1. The van der Waals surface area contributed by atoms with Gasteiger partial charge in [-0.2, -0.15) is 5.10 Å². The molecule has 2 aromatic rings. The first-order chi connectivity index (χ1) is 10.7. The SMILES string of the molecule is Clc1cc(Cl)cc(-n2nc(C3CCCCC3)c3c2NCC3)c1. The van der Waals surface area contributed by atoms with Gasteiger partial charge in [-0.25, -0.2) is 4.68 Å². The van der Waals surface area contributed by atoms with E-state index in [4.69, 9.17) is 28.3 Å². The molecule has 3 nitrogen and oxygen atoms in total. The van der Waals surface area contributed by atoms with Gasteiger partial charge in [0.2, 0.25) is 0 Å². The molecule has 1 aromatic heterocycles. The van der Waals surface area contributed by atoms with Crippen molar-refractivity contribution in [3.05, 3.63) is 39.5 Å². The predicted octanol–water partition coefficient (Wildman–Crippen LogP) is 5.19. The number of hydrogen-bond donors (Lipinski definition) is 1. The van der Waals surface area contributed by atoms with Crippen molar-refractivity contribution in [1.82, 2.24) is 9.78 Å². The van der Waals surface area contributed by atoms with Gasteiger partial charge < -0.3 is 5.32 Å². The minimum absolute atomic E-state index is 0.610. The first kappa shape index (κ1) is 14.4. The van der Waals surface area contributed by atoms with E-state index in [1.54, 1.807) is 6.07 Å².